The average Bonchev–Trinajstić information content (AvgIpc) is 2.33. The Hall–Kier alpha value is -1.10. The highest BCUT2D eigenvalue weighted by Crippen LogP contribution is 2.14. The Labute approximate surface area is 115 Å². The van der Waals surface area contributed by atoms with Crippen LogP contribution < -0.4 is 5.32 Å². The van der Waals surface area contributed by atoms with Crippen molar-refractivity contribution >= 4 is 11.8 Å². The smallest absolute Gasteiger partial charge is 0.237 e. The van der Waals surface area contributed by atoms with Crippen molar-refractivity contribution in [3.63, 3.8) is 0 Å². The van der Waals surface area contributed by atoms with Gasteiger partial charge >= 0.3 is 0 Å². The number of carbonyl (C=O) groups excluding carboxylic acids is 2. The van der Waals surface area contributed by atoms with Crippen LogP contribution in [0.2, 0.25) is 0 Å². The molecule has 2 aliphatic rings. The van der Waals surface area contributed by atoms with E-state index in [4.69, 9.17) is 0 Å². The molecule has 1 atom stereocenters. The molecule has 2 rings (SSSR count). The third-order valence-electron chi connectivity index (χ3n) is 4.18. The maximum Gasteiger partial charge on any atom is 0.237 e. The lowest BCUT2D eigenvalue weighted by molar-refractivity contribution is -0.138. The summed E-state index contributed by atoms with van der Waals surface area (Å²) in [6, 6.07) is -0.285. The molecule has 2 amide bonds. The van der Waals surface area contributed by atoms with Crippen LogP contribution in [0.5, 0.6) is 0 Å². The van der Waals surface area contributed by atoms with Crippen LogP contribution in [0.4, 0.5) is 0 Å². The molecule has 0 saturated carbocycles. The molecule has 0 aromatic carbocycles. The fourth-order valence-electron chi connectivity index (χ4n) is 2.87. The lowest BCUT2D eigenvalue weighted by Gasteiger charge is -2.33. The molecule has 108 valence electrons. The molecule has 0 bridgehead atoms. The Morgan fingerprint density at radius 2 is 1.79 bits per heavy atom. The Bertz CT molecular complexity index is 325. The van der Waals surface area contributed by atoms with Crippen molar-refractivity contribution in [2.45, 2.75) is 44.6 Å². The molecule has 0 aromatic heterocycles. The van der Waals surface area contributed by atoms with Gasteiger partial charge in [-0.15, -0.1) is 0 Å². The second-order valence-corrected chi connectivity index (χ2v) is 5.64. The van der Waals surface area contributed by atoms with Gasteiger partial charge in [-0.3, -0.25) is 14.5 Å². The maximum atomic E-state index is 12.3. The van der Waals surface area contributed by atoms with Crippen molar-refractivity contribution in [1.29, 1.82) is 0 Å². The van der Waals surface area contributed by atoms with Crippen LogP contribution in [0.25, 0.3) is 0 Å². The van der Waals surface area contributed by atoms with Gasteiger partial charge in [-0.1, -0.05) is 19.3 Å². The maximum absolute atomic E-state index is 12.3. The number of amides is 2. The van der Waals surface area contributed by atoms with Gasteiger partial charge < -0.3 is 10.2 Å². The van der Waals surface area contributed by atoms with Gasteiger partial charge in [0.05, 0.1) is 12.5 Å². The van der Waals surface area contributed by atoms with E-state index in [0.717, 1.165) is 32.5 Å². The second kappa shape index (κ2) is 6.89. The van der Waals surface area contributed by atoms with Gasteiger partial charge in [0.2, 0.25) is 11.8 Å². The molecule has 0 aromatic rings. The molecule has 0 aliphatic carbocycles. The summed E-state index contributed by atoms with van der Waals surface area (Å²) >= 11 is 0. The summed E-state index contributed by atoms with van der Waals surface area (Å²) in [4.78, 5) is 28.1. The highest BCUT2D eigenvalue weighted by Gasteiger charge is 2.30. The third kappa shape index (κ3) is 3.93. The number of piperazine rings is 1. The Balaban J connectivity index is 1.89. The van der Waals surface area contributed by atoms with Gasteiger partial charge in [0.25, 0.3) is 0 Å². The van der Waals surface area contributed by atoms with Crippen molar-refractivity contribution in [1.82, 2.24) is 15.1 Å². The quantitative estimate of drug-likeness (QED) is 0.797. The Morgan fingerprint density at radius 1 is 1.16 bits per heavy atom. The predicted octanol–water partition coefficient (Wildman–Crippen LogP) is 0.599. The second-order valence-electron chi connectivity index (χ2n) is 5.64. The molecule has 1 N–H and O–H groups in total. The number of hydrogen-bond acceptors (Lipinski definition) is 3. The van der Waals surface area contributed by atoms with Crippen LogP contribution >= 0.6 is 0 Å². The van der Waals surface area contributed by atoms with Gasteiger partial charge in [-0.2, -0.15) is 0 Å². The molecule has 2 heterocycles. The molecule has 5 nitrogen and oxygen atoms in total. The molecule has 19 heavy (non-hydrogen) atoms. The summed E-state index contributed by atoms with van der Waals surface area (Å²) in [5.41, 5.74) is 0. The van der Waals surface area contributed by atoms with Crippen LogP contribution in [-0.4, -0.2) is 60.9 Å². The SMILES string of the molecule is CN1CCNC(=O)C1CC(=O)N1CCCCCCC1. The number of carbonyl (C=O) groups is 2. The molecule has 2 fully saturated rings. The minimum absolute atomic E-state index is 0.00542. The molecule has 5 heteroatoms. The Kier molecular flexibility index (Phi) is 5.19. The van der Waals surface area contributed by atoms with E-state index in [0.29, 0.717) is 13.0 Å². The zero-order chi connectivity index (χ0) is 13.7. The zero-order valence-electron chi connectivity index (χ0n) is 11.9. The summed E-state index contributed by atoms with van der Waals surface area (Å²) in [5.74, 6) is 0.130. The first kappa shape index (κ1) is 14.3. The highest BCUT2D eigenvalue weighted by molar-refractivity contribution is 5.88. The van der Waals surface area contributed by atoms with Crippen LogP contribution in [0.1, 0.15) is 38.5 Å². The van der Waals surface area contributed by atoms with Crippen LogP contribution in [0.15, 0.2) is 0 Å². The van der Waals surface area contributed by atoms with Crippen molar-refractivity contribution in [3.8, 4) is 0 Å². The molecule has 2 saturated heterocycles. The number of rotatable bonds is 2. The van der Waals surface area contributed by atoms with Gasteiger partial charge in [-0.25, -0.2) is 0 Å². The van der Waals surface area contributed by atoms with Crippen LogP contribution in [0, 0.1) is 0 Å². The van der Waals surface area contributed by atoms with E-state index in [1.807, 2.05) is 16.8 Å². The first-order valence-electron chi connectivity index (χ1n) is 7.44. The monoisotopic (exact) mass is 267 g/mol. The van der Waals surface area contributed by atoms with E-state index in [1.54, 1.807) is 0 Å². The van der Waals surface area contributed by atoms with Crippen molar-refractivity contribution in [2.75, 3.05) is 33.2 Å². The summed E-state index contributed by atoms with van der Waals surface area (Å²) in [5, 5.41) is 2.84. The molecule has 0 spiro atoms. The summed E-state index contributed by atoms with van der Waals surface area (Å²) in [6.45, 7) is 3.22. The van der Waals surface area contributed by atoms with Crippen LogP contribution in [0.3, 0.4) is 0 Å². The van der Waals surface area contributed by atoms with Crippen molar-refractivity contribution < 1.29 is 9.59 Å². The van der Waals surface area contributed by atoms with E-state index in [-0.39, 0.29) is 17.9 Å². The minimum Gasteiger partial charge on any atom is -0.353 e. The van der Waals surface area contributed by atoms with E-state index in [2.05, 4.69) is 5.32 Å². The first-order valence-corrected chi connectivity index (χ1v) is 7.44. The van der Waals surface area contributed by atoms with Gasteiger partial charge in [0, 0.05) is 26.2 Å². The number of likely N-dealkylation sites (N-methyl/N-ethyl adjacent to an activating group) is 1. The number of nitrogens with one attached hydrogen (secondary N) is 1. The number of likely N-dealkylation sites (tertiary alicyclic amines) is 1. The predicted molar refractivity (Wildman–Crippen MR) is 73.7 cm³/mol. The summed E-state index contributed by atoms with van der Waals surface area (Å²) in [6.07, 6.45) is 6.23. The number of nitrogens with zero attached hydrogens (tertiary/aromatic N) is 2. The van der Waals surface area contributed by atoms with Gasteiger partial charge in [-0.05, 0) is 19.9 Å². The standard InChI is InChI=1S/C14H25N3O2/c1-16-10-7-15-14(19)12(16)11-13(18)17-8-5-3-2-4-6-9-17/h12H,2-11H2,1H3,(H,15,19). The average molecular weight is 267 g/mol. The van der Waals surface area contributed by atoms with Crippen LogP contribution in [-0.2, 0) is 9.59 Å². The molecular weight excluding hydrogens is 242 g/mol. The van der Waals surface area contributed by atoms with Crippen molar-refractivity contribution in [2.24, 2.45) is 0 Å². The van der Waals surface area contributed by atoms with E-state index >= 15 is 0 Å². The Morgan fingerprint density at radius 3 is 2.42 bits per heavy atom. The fraction of sp³-hybridized carbons (Fsp3) is 0.857. The lowest BCUT2D eigenvalue weighted by Crippen LogP contribution is -2.55. The molecule has 0 radical (unpaired) electrons. The minimum atomic E-state index is -0.285. The molecule has 1 unspecified atom stereocenters. The van der Waals surface area contributed by atoms with E-state index in [9.17, 15) is 9.59 Å². The topological polar surface area (TPSA) is 52.7 Å². The highest BCUT2D eigenvalue weighted by atomic mass is 16.2. The van der Waals surface area contributed by atoms with Crippen molar-refractivity contribution in [3.05, 3.63) is 0 Å². The largest absolute Gasteiger partial charge is 0.353 e. The lowest BCUT2D eigenvalue weighted by atomic mass is 10.1. The summed E-state index contributed by atoms with van der Waals surface area (Å²) in [7, 11) is 1.92. The first-order chi connectivity index (χ1) is 9.18. The summed E-state index contributed by atoms with van der Waals surface area (Å²) < 4.78 is 0. The van der Waals surface area contributed by atoms with E-state index < -0.39 is 0 Å². The molecule has 2 aliphatic heterocycles. The number of hydrogen-bond donors (Lipinski definition) is 1. The normalized spacial score (nSPS) is 26.5. The van der Waals surface area contributed by atoms with E-state index in [1.165, 1.54) is 19.3 Å². The van der Waals surface area contributed by atoms with Gasteiger partial charge in [0.15, 0.2) is 0 Å². The third-order valence-corrected chi connectivity index (χ3v) is 4.18. The molecular formula is C14H25N3O2. The zero-order valence-corrected chi connectivity index (χ0v) is 11.9. The van der Waals surface area contributed by atoms with Gasteiger partial charge in [0.1, 0.15) is 0 Å². The fourth-order valence-corrected chi connectivity index (χ4v) is 2.87.